The van der Waals surface area contributed by atoms with E-state index in [1.165, 1.54) is 19.3 Å². The predicted octanol–water partition coefficient (Wildman–Crippen LogP) is 1.77. The van der Waals surface area contributed by atoms with Crippen LogP contribution in [0.25, 0.3) is 0 Å². The summed E-state index contributed by atoms with van der Waals surface area (Å²) in [7, 11) is 0. The number of aliphatic hydroxyl groups is 2. The molecule has 1 saturated heterocycles. The first-order chi connectivity index (χ1) is 8.59. The normalized spacial score (nSPS) is 48.8. The standard InChI is InChI=1S/C15H27NO2/c1-2-11-8-15(18,9-11)10-16-5-3-4-12-6-13(17)7-14(12)16/h11-14,17-18H,2-10H2,1H3. The molecule has 0 bridgehead atoms. The van der Waals surface area contributed by atoms with Gasteiger partial charge in [0.2, 0.25) is 0 Å². The second-order valence-corrected chi connectivity index (χ2v) is 6.97. The minimum absolute atomic E-state index is 0.0972. The summed E-state index contributed by atoms with van der Waals surface area (Å²) in [5.41, 5.74) is -0.421. The molecule has 3 heteroatoms. The molecule has 2 aliphatic carbocycles. The maximum Gasteiger partial charge on any atom is 0.0779 e. The van der Waals surface area contributed by atoms with E-state index in [0.29, 0.717) is 12.0 Å². The van der Waals surface area contributed by atoms with Crippen LogP contribution >= 0.6 is 0 Å². The number of β-amino-alcohol motifs (C(OH)–C–C–N with tert-alkyl or cyclic N) is 1. The quantitative estimate of drug-likeness (QED) is 0.805. The molecule has 1 aliphatic heterocycles. The lowest BCUT2D eigenvalue weighted by atomic mass is 9.69. The van der Waals surface area contributed by atoms with Crippen LogP contribution in [0.1, 0.15) is 51.9 Å². The lowest BCUT2D eigenvalue weighted by Gasteiger charge is -2.49. The van der Waals surface area contributed by atoms with Gasteiger partial charge in [-0.3, -0.25) is 4.90 Å². The van der Waals surface area contributed by atoms with Crippen molar-refractivity contribution in [3.63, 3.8) is 0 Å². The van der Waals surface area contributed by atoms with Crippen LogP contribution in [0.5, 0.6) is 0 Å². The fraction of sp³-hybridized carbons (Fsp3) is 1.00. The Morgan fingerprint density at radius 2 is 2.06 bits per heavy atom. The zero-order valence-corrected chi connectivity index (χ0v) is 11.5. The molecule has 2 saturated carbocycles. The highest BCUT2D eigenvalue weighted by Gasteiger charge is 2.46. The van der Waals surface area contributed by atoms with Gasteiger partial charge in [0.15, 0.2) is 0 Å². The highest BCUT2D eigenvalue weighted by Crippen LogP contribution is 2.43. The van der Waals surface area contributed by atoms with Gasteiger partial charge in [0.1, 0.15) is 0 Å². The summed E-state index contributed by atoms with van der Waals surface area (Å²) in [5, 5.41) is 20.4. The van der Waals surface area contributed by atoms with Crippen molar-refractivity contribution in [2.45, 2.75) is 69.6 Å². The minimum atomic E-state index is -0.421. The Balaban J connectivity index is 1.59. The molecule has 104 valence electrons. The molecule has 3 fully saturated rings. The third-order valence-electron chi connectivity index (χ3n) is 5.53. The fourth-order valence-electron chi connectivity index (χ4n) is 4.56. The molecule has 2 N–H and O–H groups in total. The van der Waals surface area contributed by atoms with Gasteiger partial charge < -0.3 is 10.2 Å². The summed E-state index contributed by atoms with van der Waals surface area (Å²) in [4.78, 5) is 2.48. The summed E-state index contributed by atoms with van der Waals surface area (Å²) in [6.07, 6.45) is 7.50. The van der Waals surface area contributed by atoms with Crippen molar-refractivity contribution in [2.75, 3.05) is 13.1 Å². The zero-order valence-electron chi connectivity index (χ0n) is 11.5. The Hall–Kier alpha value is -0.120. The van der Waals surface area contributed by atoms with Crippen LogP contribution in [0.2, 0.25) is 0 Å². The molecule has 0 aromatic carbocycles. The highest BCUT2D eigenvalue weighted by atomic mass is 16.3. The van der Waals surface area contributed by atoms with Gasteiger partial charge in [-0.05, 0) is 56.9 Å². The molecule has 3 atom stereocenters. The van der Waals surface area contributed by atoms with Crippen LogP contribution < -0.4 is 0 Å². The second kappa shape index (κ2) is 4.77. The summed E-state index contributed by atoms with van der Waals surface area (Å²) in [6, 6.07) is 0.540. The van der Waals surface area contributed by atoms with Crippen LogP contribution in [0, 0.1) is 11.8 Å². The van der Waals surface area contributed by atoms with Gasteiger partial charge in [0.05, 0.1) is 11.7 Å². The van der Waals surface area contributed by atoms with Crippen LogP contribution in [0.15, 0.2) is 0 Å². The summed E-state index contributed by atoms with van der Waals surface area (Å²) < 4.78 is 0. The lowest BCUT2D eigenvalue weighted by molar-refractivity contribution is -0.106. The van der Waals surface area contributed by atoms with Gasteiger partial charge in [-0.2, -0.15) is 0 Å². The number of piperidine rings is 1. The molecule has 3 aliphatic rings. The maximum absolute atomic E-state index is 10.5. The van der Waals surface area contributed by atoms with Crippen LogP contribution in [0.4, 0.5) is 0 Å². The third-order valence-corrected chi connectivity index (χ3v) is 5.53. The number of rotatable bonds is 3. The van der Waals surface area contributed by atoms with E-state index in [4.69, 9.17) is 0 Å². The third kappa shape index (κ3) is 2.33. The predicted molar refractivity (Wildman–Crippen MR) is 71.3 cm³/mol. The summed E-state index contributed by atoms with van der Waals surface area (Å²) in [6.45, 7) is 4.18. The van der Waals surface area contributed by atoms with Gasteiger partial charge in [-0.1, -0.05) is 13.3 Å². The Kier molecular flexibility index (Phi) is 3.41. The molecular weight excluding hydrogens is 226 g/mol. The van der Waals surface area contributed by atoms with Gasteiger partial charge >= 0.3 is 0 Å². The minimum Gasteiger partial charge on any atom is -0.393 e. The average molecular weight is 253 g/mol. The average Bonchev–Trinajstić information content (AvgIpc) is 2.67. The monoisotopic (exact) mass is 253 g/mol. The van der Waals surface area contributed by atoms with Gasteiger partial charge in [-0.15, -0.1) is 0 Å². The van der Waals surface area contributed by atoms with Crippen molar-refractivity contribution in [1.82, 2.24) is 4.90 Å². The molecule has 3 unspecified atom stereocenters. The first kappa shape index (κ1) is 12.9. The van der Waals surface area contributed by atoms with Crippen LogP contribution in [-0.4, -0.2) is 45.9 Å². The van der Waals surface area contributed by atoms with Gasteiger partial charge in [-0.25, -0.2) is 0 Å². The van der Waals surface area contributed by atoms with E-state index in [1.807, 2.05) is 0 Å². The topological polar surface area (TPSA) is 43.7 Å². The molecule has 0 spiro atoms. The van der Waals surface area contributed by atoms with Crippen molar-refractivity contribution >= 4 is 0 Å². The molecule has 18 heavy (non-hydrogen) atoms. The zero-order chi connectivity index (χ0) is 12.8. The molecule has 3 nitrogen and oxygen atoms in total. The van der Waals surface area contributed by atoms with Crippen LogP contribution in [0.3, 0.4) is 0 Å². The lowest BCUT2D eigenvalue weighted by Crippen LogP contribution is -2.56. The number of aliphatic hydroxyl groups excluding tert-OH is 1. The number of likely N-dealkylation sites (tertiary alicyclic amines) is 1. The van der Waals surface area contributed by atoms with E-state index in [1.54, 1.807) is 0 Å². The largest absolute Gasteiger partial charge is 0.393 e. The Labute approximate surface area is 110 Å². The van der Waals surface area contributed by atoms with Gasteiger partial charge in [0, 0.05) is 12.6 Å². The number of nitrogens with zero attached hydrogens (tertiary/aromatic N) is 1. The molecule has 1 heterocycles. The molecule has 0 radical (unpaired) electrons. The first-order valence-electron chi connectivity index (χ1n) is 7.74. The Bertz CT molecular complexity index is 301. The molecule has 3 rings (SSSR count). The summed E-state index contributed by atoms with van der Waals surface area (Å²) >= 11 is 0. The van der Waals surface area contributed by atoms with E-state index in [-0.39, 0.29) is 6.10 Å². The Morgan fingerprint density at radius 1 is 1.28 bits per heavy atom. The van der Waals surface area contributed by atoms with E-state index in [0.717, 1.165) is 44.7 Å². The molecule has 0 aromatic heterocycles. The van der Waals surface area contributed by atoms with Crippen molar-refractivity contribution in [2.24, 2.45) is 11.8 Å². The highest BCUT2D eigenvalue weighted by molar-refractivity contribution is 5.00. The molecule has 0 aromatic rings. The second-order valence-electron chi connectivity index (χ2n) is 6.97. The van der Waals surface area contributed by atoms with Crippen molar-refractivity contribution in [3.05, 3.63) is 0 Å². The SMILES string of the molecule is CCC1CC(O)(CN2CCCC3CC(O)CC32)C1. The first-order valence-corrected chi connectivity index (χ1v) is 7.74. The fourth-order valence-corrected chi connectivity index (χ4v) is 4.56. The van der Waals surface area contributed by atoms with E-state index in [9.17, 15) is 10.2 Å². The number of hydrogen-bond acceptors (Lipinski definition) is 3. The summed E-state index contributed by atoms with van der Waals surface area (Å²) in [5.74, 6) is 1.42. The maximum atomic E-state index is 10.5. The number of hydrogen-bond donors (Lipinski definition) is 2. The smallest absolute Gasteiger partial charge is 0.0779 e. The van der Waals surface area contributed by atoms with Gasteiger partial charge in [0.25, 0.3) is 0 Å². The Morgan fingerprint density at radius 3 is 2.78 bits per heavy atom. The molecule has 0 amide bonds. The van der Waals surface area contributed by atoms with E-state index < -0.39 is 5.60 Å². The number of fused-ring (bicyclic) bond motifs is 1. The van der Waals surface area contributed by atoms with Crippen molar-refractivity contribution in [3.8, 4) is 0 Å². The van der Waals surface area contributed by atoms with E-state index >= 15 is 0 Å². The van der Waals surface area contributed by atoms with Crippen LogP contribution in [-0.2, 0) is 0 Å². The van der Waals surface area contributed by atoms with Crippen molar-refractivity contribution in [1.29, 1.82) is 0 Å². The van der Waals surface area contributed by atoms with Crippen molar-refractivity contribution < 1.29 is 10.2 Å². The molecular formula is C15H27NO2. The van der Waals surface area contributed by atoms with E-state index in [2.05, 4.69) is 11.8 Å².